The molecule has 0 aliphatic heterocycles. The van der Waals surface area contributed by atoms with Gasteiger partial charge < -0.3 is 4.42 Å². The number of halogens is 1. The average Bonchev–Trinajstić information content (AvgIpc) is 3.27. The summed E-state index contributed by atoms with van der Waals surface area (Å²) in [7, 11) is -2.36. The monoisotopic (exact) mass is 362 g/mol. The van der Waals surface area contributed by atoms with Crippen LogP contribution in [0.2, 0.25) is 0 Å². The lowest BCUT2D eigenvalue weighted by Gasteiger charge is -2.18. The fourth-order valence-electron chi connectivity index (χ4n) is 3.00. The van der Waals surface area contributed by atoms with Gasteiger partial charge in [0.25, 0.3) is 0 Å². The number of hydrogen-bond acceptors (Lipinski definition) is 4. The third-order valence-electron chi connectivity index (χ3n) is 4.54. The average molecular weight is 362 g/mol. The van der Waals surface area contributed by atoms with Crippen molar-refractivity contribution in [3.8, 4) is 0 Å². The summed E-state index contributed by atoms with van der Waals surface area (Å²) in [6.45, 7) is 0. The van der Waals surface area contributed by atoms with Crippen LogP contribution in [0.25, 0.3) is 11.1 Å². The maximum atomic E-state index is 14.1. The summed E-state index contributed by atoms with van der Waals surface area (Å²) in [6, 6.07) is 10.4. The van der Waals surface area contributed by atoms with Gasteiger partial charge in [-0.15, -0.1) is 0 Å². The van der Waals surface area contributed by atoms with Crippen molar-refractivity contribution in [2.24, 2.45) is 7.05 Å². The third-order valence-corrected chi connectivity index (χ3v) is 6.08. The Bertz CT molecular complexity index is 1140. The summed E-state index contributed by atoms with van der Waals surface area (Å²) in [6.07, 6.45) is 1.05. The number of sulfonamides is 1. The van der Waals surface area contributed by atoms with Crippen LogP contribution < -0.4 is 10.5 Å². The minimum absolute atomic E-state index is 0.0306. The van der Waals surface area contributed by atoms with Crippen LogP contribution in [0.5, 0.6) is 0 Å². The molecule has 1 saturated carbocycles. The number of fused-ring (bicyclic) bond motifs is 1. The topological polar surface area (TPSA) is 81.3 Å². The van der Waals surface area contributed by atoms with Crippen molar-refractivity contribution >= 4 is 21.1 Å². The van der Waals surface area contributed by atoms with Crippen molar-refractivity contribution in [3.63, 3.8) is 0 Å². The van der Waals surface area contributed by atoms with Gasteiger partial charge in [-0.2, -0.15) is 0 Å². The maximum Gasteiger partial charge on any atom is 0.419 e. The zero-order chi connectivity index (χ0) is 17.8. The van der Waals surface area contributed by atoms with Crippen LogP contribution in [0.3, 0.4) is 0 Å². The van der Waals surface area contributed by atoms with Crippen molar-refractivity contribution in [1.82, 2.24) is 9.29 Å². The van der Waals surface area contributed by atoms with Crippen LogP contribution in [0, 0.1) is 5.82 Å². The molecule has 2 aromatic carbocycles. The molecule has 0 saturated heterocycles. The number of rotatable bonds is 4. The van der Waals surface area contributed by atoms with Crippen molar-refractivity contribution in [3.05, 3.63) is 64.4 Å². The first-order valence-electron chi connectivity index (χ1n) is 7.71. The Balaban J connectivity index is 1.73. The van der Waals surface area contributed by atoms with Crippen LogP contribution >= 0.6 is 0 Å². The van der Waals surface area contributed by atoms with E-state index in [1.54, 1.807) is 18.2 Å². The van der Waals surface area contributed by atoms with Gasteiger partial charge in [0.1, 0.15) is 5.82 Å². The fourth-order valence-corrected chi connectivity index (χ4v) is 4.45. The Morgan fingerprint density at radius 3 is 2.60 bits per heavy atom. The van der Waals surface area contributed by atoms with Crippen LogP contribution in [0.15, 0.2) is 56.6 Å². The van der Waals surface area contributed by atoms with Gasteiger partial charge in [0.05, 0.1) is 16.0 Å². The van der Waals surface area contributed by atoms with Crippen molar-refractivity contribution in [2.45, 2.75) is 23.3 Å². The highest BCUT2D eigenvalue weighted by Gasteiger charge is 2.49. The Hall–Kier alpha value is -2.45. The largest absolute Gasteiger partial charge is 0.419 e. The molecule has 0 amide bonds. The van der Waals surface area contributed by atoms with Gasteiger partial charge in [0.2, 0.25) is 10.0 Å². The summed E-state index contributed by atoms with van der Waals surface area (Å²) in [4.78, 5) is 11.5. The molecule has 0 atom stereocenters. The summed E-state index contributed by atoms with van der Waals surface area (Å²) in [5.41, 5.74) is 0.104. The Labute approximate surface area is 142 Å². The van der Waals surface area contributed by atoms with E-state index in [4.69, 9.17) is 4.42 Å². The van der Waals surface area contributed by atoms with Crippen LogP contribution in [0.4, 0.5) is 4.39 Å². The molecule has 1 fully saturated rings. The summed E-state index contributed by atoms with van der Waals surface area (Å²) >= 11 is 0. The molecule has 1 heterocycles. The first-order valence-corrected chi connectivity index (χ1v) is 9.19. The molecule has 1 aliphatic rings. The van der Waals surface area contributed by atoms with Gasteiger partial charge in [0.15, 0.2) is 5.58 Å². The summed E-state index contributed by atoms with van der Waals surface area (Å²) in [5.74, 6) is -1.00. The van der Waals surface area contributed by atoms with Crippen LogP contribution in [0.1, 0.15) is 18.4 Å². The molecule has 0 bridgehead atoms. The van der Waals surface area contributed by atoms with Gasteiger partial charge >= 0.3 is 5.76 Å². The maximum absolute atomic E-state index is 14.1. The molecular formula is C17H15FN2O4S. The molecule has 25 heavy (non-hydrogen) atoms. The molecule has 4 rings (SSSR count). The smallest absolute Gasteiger partial charge is 0.408 e. The van der Waals surface area contributed by atoms with Crippen LogP contribution in [-0.2, 0) is 22.6 Å². The van der Waals surface area contributed by atoms with E-state index in [1.165, 1.54) is 35.9 Å². The van der Waals surface area contributed by atoms with Crippen LogP contribution in [-0.4, -0.2) is 13.0 Å². The number of nitrogens with one attached hydrogen (secondary N) is 1. The number of benzene rings is 2. The highest BCUT2D eigenvalue weighted by atomic mass is 32.2. The van der Waals surface area contributed by atoms with E-state index in [0.717, 1.165) is 0 Å². The number of nitrogens with zero attached hydrogens (tertiary/aromatic N) is 1. The van der Waals surface area contributed by atoms with E-state index in [9.17, 15) is 17.6 Å². The number of hydrogen-bond donors (Lipinski definition) is 1. The summed E-state index contributed by atoms with van der Waals surface area (Å²) in [5, 5.41) is 0. The van der Waals surface area contributed by atoms with Gasteiger partial charge in [-0.3, -0.25) is 4.57 Å². The first-order chi connectivity index (χ1) is 11.8. The molecule has 8 heteroatoms. The number of oxazole rings is 1. The van der Waals surface area contributed by atoms with Gasteiger partial charge in [-0.05, 0) is 31.0 Å². The molecule has 0 radical (unpaired) electrons. The molecular weight excluding hydrogens is 347 g/mol. The van der Waals surface area contributed by atoms with Crippen molar-refractivity contribution < 1.29 is 17.2 Å². The van der Waals surface area contributed by atoms with Crippen molar-refractivity contribution in [2.75, 3.05) is 0 Å². The molecule has 3 aromatic rings. The predicted molar refractivity (Wildman–Crippen MR) is 89.1 cm³/mol. The molecule has 6 nitrogen and oxygen atoms in total. The lowest BCUT2D eigenvalue weighted by molar-refractivity contribution is 0.523. The third kappa shape index (κ3) is 2.58. The number of aromatic nitrogens is 1. The lowest BCUT2D eigenvalue weighted by Crippen LogP contribution is -2.35. The second-order valence-electron chi connectivity index (χ2n) is 6.22. The molecule has 0 unspecified atom stereocenters. The molecule has 1 aliphatic carbocycles. The van der Waals surface area contributed by atoms with Gasteiger partial charge in [-0.1, -0.05) is 18.2 Å². The minimum atomic E-state index is -3.90. The van der Waals surface area contributed by atoms with Gasteiger partial charge in [-0.25, -0.2) is 22.3 Å². The normalized spacial score (nSPS) is 16.2. The Kier molecular flexibility index (Phi) is 3.38. The first kappa shape index (κ1) is 16.0. The minimum Gasteiger partial charge on any atom is -0.408 e. The molecule has 130 valence electrons. The standard InChI is InChI=1S/C17H15FN2O4S/c1-20-14-7-6-11(10-15(14)24-16(20)21)25(22,23)19-17(8-9-17)12-4-2-3-5-13(12)18/h2-7,10,19H,8-9H2,1H3. The van der Waals surface area contributed by atoms with E-state index < -0.39 is 27.1 Å². The highest BCUT2D eigenvalue weighted by molar-refractivity contribution is 7.89. The van der Waals surface area contributed by atoms with E-state index in [2.05, 4.69) is 4.72 Å². The number of aryl methyl sites for hydroxylation is 1. The predicted octanol–water partition coefficient (Wildman–Crippen LogP) is 2.24. The Morgan fingerprint density at radius 1 is 1.20 bits per heavy atom. The van der Waals surface area contributed by atoms with E-state index >= 15 is 0 Å². The SMILES string of the molecule is Cn1c(=O)oc2cc(S(=O)(=O)NC3(c4ccccc4F)CC3)ccc21. The van der Waals surface area contributed by atoms with E-state index in [1.807, 2.05) is 0 Å². The quantitative estimate of drug-likeness (QED) is 0.772. The molecule has 1 N–H and O–H groups in total. The van der Waals surface area contributed by atoms with Gasteiger partial charge in [0, 0.05) is 18.7 Å². The zero-order valence-corrected chi connectivity index (χ0v) is 14.1. The fraction of sp³-hybridized carbons (Fsp3) is 0.235. The lowest BCUT2D eigenvalue weighted by atomic mass is 10.1. The summed E-state index contributed by atoms with van der Waals surface area (Å²) < 4.78 is 48.5. The van der Waals surface area contributed by atoms with E-state index in [-0.39, 0.29) is 10.5 Å². The van der Waals surface area contributed by atoms with Crippen molar-refractivity contribution in [1.29, 1.82) is 0 Å². The molecule has 1 aromatic heterocycles. The zero-order valence-electron chi connectivity index (χ0n) is 13.3. The molecule has 0 spiro atoms. The highest BCUT2D eigenvalue weighted by Crippen LogP contribution is 2.47. The second-order valence-corrected chi connectivity index (χ2v) is 7.91. The second kappa shape index (κ2) is 5.27. The van der Waals surface area contributed by atoms with E-state index in [0.29, 0.717) is 23.9 Å². The Morgan fingerprint density at radius 2 is 1.92 bits per heavy atom.